The van der Waals surface area contributed by atoms with Crippen molar-refractivity contribution >= 4 is 0 Å². The van der Waals surface area contributed by atoms with Gasteiger partial charge < -0.3 is 14.2 Å². The Balaban J connectivity index is 1.37. The Morgan fingerprint density at radius 1 is 0.958 bits per heavy atom. The van der Waals surface area contributed by atoms with Gasteiger partial charge in [-0.1, -0.05) is 38.0 Å². The van der Waals surface area contributed by atoms with Gasteiger partial charge in [-0.3, -0.25) is 0 Å². The first-order chi connectivity index (χ1) is 11.8. The van der Waals surface area contributed by atoms with Crippen molar-refractivity contribution in [2.75, 3.05) is 19.8 Å². The highest BCUT2D eigenvalue weighted by atomic mass is 16.5. The van der Waals surface area contributed by atoms with Crippen molar-refractivity contribution in [1.82, 2.24) is 0 Å². The lowest BCUT2D eigenvalue weighted by molar-refractivity contribution is 0.0382. The predicted molar refractivity (Wildman–Crippen MR) is 96.6 cm³/mol. The SMILES string of the molecule is CC1CC=CC=C1COc1ccc(OCCOC2CCCC2)cc1. The number of hydrogen-bond donors (Lipinski definition) is 0. The first-order valence-corrected chi connectivity index (χ1v) is 9.14. The van der Waals surface area contributed by atoms with Gasteiger partial charge in [-0.2, -0.15) is 0 Å². The van der Waals surface area contributed by atoms with Crippen LogP contribution in [0.2, 0.25) is 0 Å². The van der Waals surface area contributed by atoms with E-state index in [2.05, 4.69) is 25.2 Å². The molecule has 3 nitrogen and oxygen atoms in total. The normalized spacial score (nSPS) is 20.9. The number of benzene rings is 1. The molecule has 2 aliphatic carbocycles. The Morgan fingerprint density at radius 2 is 1.67 bits per heavy atom. The summed E-state index contributed by atoms with van der Waals surface area (Å²) in [7, 11) is 0. The lowest BCUT2D eigenvalue weighted by Crippen LogP contribution is -2.14. The van der Waals surface area contributed by atoms with E-state index < -0.39 is 0 Å². The Morgan fingerprint density at radius 3 is 2.38 bits per heavy atom. The summed E-state index contributed by atoms with van der Waals surface area (Å²) in [4.78, 5) is 0. The molecule has 0 saturated heterocycles. The Hall–Kier alpha value is -1.74. The zero-order valence-electron chi connectivity index (χ0n) is 14.6. The van der Waals surface area contributed by atoms with Crippen LogP contribution >= 0.6 is 0 Å². The quantitative estimate of drug-likeness (QED) is 0.634. The summed E-state index contributed by atoms with van der Waals surface area (Å²) in [6.07, 6.45) is 13.1. The van der Waals surface area contributed by atoms with E-state index >= 15 is 0 Å². The molecule has 1 saturated carbocycles. The van der Waals surface area contributed by atoms with Crippen molar-refractivity contribution in [1.29, 1.82) is 0 Å². The third-order valence-electron chi connectivity index (χ3n) is 4.81. The lowest BCUT2D eigenvalue weighted by Gasteiger charge is -2.17. The smallest absolute Gasteiger partial charge is 0.120 e. The maximum atomic E-state index is 5.88. The van der Waals surface area contributed by atoms with Crippen LogP contribution in [0.25, 0.3) is 0 Å². The van der Waals surface area contributed by atoms with Gasteiger partial charge in [0.05, 0.1) is 12.7 Å². The minimum atomic E-state index is 0.454. The first kappa shape index (κ1) is 17.1. The minimum Gasteiger partial charge on any atom is -0.491 e. The van der Waals surface area contributed by atoms with E-state index in [9.17, 15) is 0 Å². The molecule has 3 heteroatoms. The largest absolute Gasteiger partial charge is 0.491 e. The van der Waals surface area contributed by atoms with Crippen molar-refractivity contribution in [2.45, 2.75) is 45.1 Å². The second-order valence-corrected chi connectivity index (χ2v) is 6.69. The third-order valence-corrected chi connectivity index (χ3v) is 4.81. The van der Waals surface area contributed by atoms with Crippen LogP contribution in [-0.4, -0.2) is 25.9 Å². The molecule has 1 atom stereocenters. The number of hydrogen-bond acceptors (Lipinski definition) is 3. The van der Waals surface area contributed by atoms with Gasteiger partial charge in [0.15, 0.2) is 0 Å². The maximum absolute atomic E-state index is 5.88. The Bertz CT molecular complexity index is 553. The van der Waals surface area contributed by atoms with Crippen LogP contribution in [-0.2, 0) is 4.74 Å². The van der Waals surface area contributed by atoms with Gasteiger partial charge in [-0.15, -0.1) is 0 Å². The highest BCUT2D eigenvalue weighted by molar-refractivity contribution is 5.32. The molecule has 24 heavy (non-hydrogen) atoms. The molecule has 130 valence electrons. The first-order valence-electron chi connectivity index (χ1n) is 9.14. The highest BCUT2D eigenvalue weighted by Crippen LogP contribution is 2.23. The standard InChI is InChI=1S/C21H28O3/c1-17-6-2-3-7-18(17)16-24-21-12-10-20(11-13-21)23-15-14-22-19-8-4-5-9-19/h2-3,7,10-13,17,19H,4-6,8-9,14-16H2,1H3. The fourth-order valence-corrected chi connectivity index (χ4v) is 3.21. The maximum Gasteiger partial charge on any atom is 0.120 e. The van der Waals surface area contributed by atoms with E-state index in [1.54, 1.807) is 0 Å². The topological polar surface area (TPSA) is 27.7 Å². The van der Waals surface area contributed by atoms with Gasteiger partial charge in [0.25, 0.3) is 0 Å². The van der Waals surface area contributed by atoms with Crippen LogP contribution in [0, 0.1) is 5.92 Å². The van der Waals surface area contributed by atoms with Crippen molar-refractivity contribution in [3.05, 3.63) is 48.1 Å². The van der Waals surface area contributed by atoms with Crippen LogP contribution in [0.1, 0.15) is 39.0 Å². The van der Waals surface area contributed by atoms with Gasteiger partial charge in [0.1, 0.15) is 24.7 Å². The fourth-order valence-electron chi connectivity index (χ4n) is 3.21. The molecule has 0 N–H and O–H groups in total. The molecule has 1 fully saturated rings. The molecule has 2 aliphatic rings. The molecular formula is C21H28O3. The predicted octanol–water partition coefficient (Wildman–Crippen LogP) is 4.93. The molecular weight excluding hydrogens is 300 g/mol. The van der Waals surface area contributed by atoms with Crippen LogP contribution in [0.3, 0.4) is 0 Å². The second-order valence-electron chi connectivity index (χ2n) is 6.69. The second kappa shape index (κ2) is 8.93. The molecule has 1 aromatic rings. The minimum absolute atomic E-state index is 0.454. The van der Waals surface area contributed by atoms with Crippen molar-refractivity contribution < 1.29 is 14.2 Å². The van der Waals surface area contributed by atoms with E-state index in [1.807, 2.05) is 24.3 Å². The van der Waals surface area contributed by atoms with Crippen LogP contribution in [0.4, 0.5) is 0 Å². The molecule has 0 aromatic heterocycles. The Kier molecular flexibility index (Phi) is 6.36. The fraction of sp³-hybridized carbons (Fsp3) is 0.524. The van der Waals surface area contributed by atoms with E-state index in [1.165, 1.54) is 31.3 Å². The van der Waals surface area contributed by atoms with E-state index in [0.29, 0.717) is 31.8 Å². The lowest BCUT2D eigenvalue weighted by atomic mass is 9.94. The average Bonchev–Trinajstić information content (AvgIpc) is 3.13. The summed E-state index contributed by atoms with van der Waals surface area (Å²) < 4.78 is 17.4. The summed E-state index contributed by atoms with van der Waals surface area (Å²) in [6, 6.07) is 7.86. The van der Waals surface area contributed by atoms with Crippen LogP contribution in [0.15, 0.2) is 48.1 Å². The summed E-state index contributed by atoms with van der Waals surface area (Å²) >= 11 is 0. The molecule has 0 bridgehead atoms. The summed E-state index contributed by atoms with van der Waals surface area (Å²) in [5.41, 5.74) is 1.35. The molecule has 1 aromatic carbocycles. The third kappa shape index (κ3) is 5.13. The van der Waals surface area contributed by atoms with Gasteiger partial charge in [0.2, 0.25) is 0 Å². The number of ether oxygens (including phenoxy) is 3. The molecule has 0 radical (unpaired) electrons. The van der Waals surface area contributed by atoms with Gasteiger partial charge in [-0.25, -0.2) is 0 Å². The number of allylic oxidation sites excluding steroid dienone is 3. The van der Waals surface area contributed by atoms with Gasteiger partial charge in [-0.05, 0) is 55.0 Å². The van der Waals surface area contributed by atoms with E-state index in [-0.39, 0.29) is 0 Å². The zero-order valence-corrected chi connectivity index (χ0v) is 14.6. The highest BCUT2D eigenvalue weighted by Gasteiger charge is 2.14. The number of rotatable bonds is 8. The van der Waals surface area contributed by atoms with Crippen molar-refractivity contribution in [3.63, 3.8) is 0 Å². The summed E-state index contributed by atoms with van der Waals surface area (Å²) in [5, 5.41) is 0. The zero-order chi connectivity index (χ0) is 16.6. The van der Waals surface area contributed by atoms with E-state index in [4.69, 9.17) is 14.2 Å². The van der Waals surface area contributed by atoms with Crippen LogP contribution in [0.5, 0.6) is 11.5 Å². The summed E-state index contributed by atoms with van der Waals surface area (Å²) in [6.45, 7) is 4.17. The van der Waals surface area contributed by atoms with Crippen LogP contribution < -0.4 is 9.47 Å². The van der Waals surface area contributed by atoms with Gasteiger partial charge >= 0.3 is 0 Å². The summed E-state index contributed by atoms with van der Waals surface area (Å²) in [5.74, 6) is 2.32. The molecule has 0 amide bonds. The monoisotopic (exact) mass is 328 g/mol. The molecule has 0 heterocycles. The molecule has 0 aliphatic heterocycles. The Labute approximate surface area is 145 Å². The molecule has 3 rings (SSSR count). The van der Waals surface area contributed by atoms with Crippen molar-refractivity contribution in [3.8, 4) is 11.5 Å². The molecule has 0 spiro atoms. The van der Waals surface area contributed by atoms with Crippen molar-refractivity contribution in [2.24, 2.45) is 5.92 Å². The average molecular weight is 328 g/mol. The van der Waals surface area contributed by atoms with Gasteiger partial charge in [0, 0.05) is 0 Å². The molecule has 1 unspecified atom stereocenters. The van der Waals surface area contributed by atoms with E-state index in [0.717, 1.165) is 17.9 Å².